The van der Waals surface area contributed by atoms with Crippen LogP contribution in [0.3, 0.4) is 0 Å². The Kier molecular flexibility index (Phi) is 6.47. The summed E-state index contributed by atoms with van der Waals surface area (Å²) in [6, 6.07) is 16.8. The van der Waals surface area contributed by atoms with Crippen LogP contribution in [0.1, 0.15) is 25.0 Å². The maximum Gasteiger partial charge on any atom is 0.420 e. The highest BCUT2D eigenvalue weighted by Crippen LogP contribution is 2.39. The highest BCUT2D eigenvalue weighted by atomic mass is 32.2. The Morgan fingerprint density at radius 2 is 1.76 bits per heavy atom. The van der Waals surface area contributed by atoms with Crippen molar-refractivity contribution in [2.45, 2.75) is 36.4 Å². The van der Waals surface area contributed by atoms with Crippen molar-refractivity contribution in [3.63, 3.8) is 0 Å². The second kappa shape index (κ2) is 8.86. The topological polar surface area (TPSA) is 29.0 Å². The van der Waals surface area contributed by atoms with Gasteiger partial charge in [0.1, 0.15) is 10.6 Å². The summed E-state index contributed by atoms with van der Waals surface area (Å²) in [4.78, 5) is 10.6. The van der Waals surface area contributed by atoms with Gasteiger partial charge in [-0.1, -0.05) is 55.9 Å². The number of hydrogen-bond donors (Lipinski definition) is 0. The van der Waals surface area contributed by atoms with Crippen LogP contribution in [-0.4, -0.2) is 17.0 Å². The highest BCUT2D eigenvalue weighted by Gasteiger charge is 2.35. The molecule has 0 atom stereocenters. The van der Waals surface area contributed by atoms with E-state index in [2.05, 4.69) is 23.8 Å². The van der Waals surface area contributed by atoms with Crippen LogP contribution in [0.2, 0.25) is 0 Å². The maximum absolute atomic E-state index is 13.5. The van der Waals surface area contributed by atoms with Gasteiger partial charge in [-0.3, -0.25) is 0 Å². The Morgan fingerprint density at radius 1 is 1.03 bits per heavy atom. The van der Waals surface area contributed by atoms with E-state index in [9.17, 15) is 13.2 Å². The van der Waals surface area contributed by atoms with Crippen molar-refractivity contribution in [1.29, 1.82) is 0 Å². The molecule has 0 unspecified atom stereocenters. The molecular weight excluding hydrogens is 395 g/mol. The second-order valence-corrected chi connectivity index (χ2v) is 8.19. The summed E-state index contributed by atoms with van der Waals surface area (Å²) >= 11 is 0.982. The molecule has 0 bridgehead atoms. The molecule has 152 valence electrons. The lowest BCUT2D eigenvalue weighted by Gasteiger charge is -2.20. The molecule has 0 aliphatic carbocycles. The molecule has 0 aliphatic heterocycles. The number of hydrogen-bond acceptors (Lipinski definition) is 4. The van der Waals surface area contributed by atoms with Crippen molar-refractivity contribution in [2.24, 2.45) is 5.92 Å². The van der Waals surface area contributed by atoms with E-state index in [0.717, 1.165) is 35.6 Å². The van der Waals surface area contributed by atoms with Gasteiger partial charge in [-0.05, 0) is 42.2 Å². The van der Waals surface area contributed by atoms with Gasteiger partial charge in [-0.15, -0.1) is 0 Å². The predicted octanol–water partition coefficient (Wildman–Crippen LogP) is 6.61. The number of alkyl halides is 3. The summed E-state index contributed by atoms with van der Waals surface area (Å²) < 4.78 is 40.4. The SMILES string of the molecule is CC(C)Cc1cccc(N(C)c2ncc(C(F)(F)F)c(Sc3ccccc3)n2)c1. The van der Waals surface area contributed by atoms with E-state index >= 15 is 0 Å². The van der Waals surface area contributed by atoms with Crippen LogP contribution in [0.25, 0.3) is 0 Å². The zero-order valence-corrected chi connectivity index (χ0v) is 17.3. The minimum atomic E-state index is -4.52. The molecule has 0 amide bonds. The van der Waals surface area contributed by atoms with Crippen LogP contribution in [0.5, 0.6) is 0 Å². The first kappa shape index (κ1) is 21.2. The van der Waals surface area contributed by atoms with E-state index < -0.39 is 11.7 Å². The first-order valence-corrected chi connectivity index (χ1v) is 10.1. The Morgan fingerprint density at radius 3 is 2.41 bits per heavy atom. The lowest BCUT2D eigenvalue weighted by Crippen LogP contribution is -2.16. The number of aromatic nitrogens is 2. The predicted molar refractivity (Wildman–Crippen MR) is 111 cm³/mol. The Bertz CT molecular complexity index is 959. The van der Waals surface area contributed by atoms with Crippen molar-refractivity contribution < 1.29 is 13.2 Å². The zero-order valence-electron chi connectivity index (χ0n) is 16.4. The first-order valence-electron chi connectivity index (χ1n) is 9.24. The van der Waals surface area contributed by atoms with Crippen molar-refractivity contribution in [3.8, 4) is 0 Å². The summed E-state index contributed by atoms with van der Waals surface area (Å²) in [7, 11) is 1.76. The molecule has 0 radical (unpaired) electrons. The number of nitrogens with zero attached hydrogens (tertiary/aromatic N) is 3. The molecule has 3 nitrogen and oxygen atoms in total. The van der Waals surface area contributed by atoms with Crippen molar-refractivity contribution in [2.75, 3.05) is 11.9 Å². The van der Waals surface area contributed by atoms with Gasteiger partial charge in [-0.25, -0.2) is 9.97 Å². The fourth-order valence-corrected chi connectivity index (χ4v) is 3.79. The lowest BCUT2D eigenvalue weighted by atomic mass is 10.0. The fraction of sp³-hybridized carbons (Fsp3) is 0.273. The van der Waals surface area contributed by atoms with E-state index in [0.29, 0.717) is 10.8 Å². The molecule has 0 saturated heterocycles. The molecule has 29 heavy (non-hydrogen) atoms. The summed E-state index contributed by atoms with van der Waals surface area (Å²) in [5, 5.41) is -0.112. The van der Waals surface area contributed by atoms with E-state index in [-0.39, 0.29) is 11.0 Å². The van der Waals surface area contributed by atoms with Crippen LogP contribution < -0.4 is 4.90 Å². The number of anilines is 2. The molecule has 0 spiro atoms. The van der Waals surface area contributed by atoms with Crippen molar-refractivity contribution >= 4 is 23.4 Å². The van der Waals surface area contributed by atoms with Gasteiger partial charge >= 0.3 is 6.18 Å². The maximum atomic E-state index is 13.5. The zero-order chi connectivity index (χ0) is 21.0. The Balaban J connectivity index is 1.96. The average molecular weight is 418 g/mol. The molecular formula is C22H22F3N3S. The van der Waals surface area contributed by atoms with Crippen LogP contribution in [-0.2, 0) is 12.6 Å². The molecule has 2 aromatic carbocycles. The van der Waals surface area contributed by atoms with Crippen LogP contribution in [0, 0.1) is 5.92 Å². The average Bonchev–Trinajstić information content (AvgIpc) is 2.67. The first-order chi connectivity index (χ1) is 13.7. The molecule has 3 rings (SSSR count). The van der Waals surface area contributed by atoms with E-state index in [1.807, 2.05) is 30.3 Å². The molecule has 1 heterocycles. The third kappa shape index (κ3) is 5.50. The van der Waals surface area contributed by atoms with Gasteiger partial charge in [0.15, 0.2) is 0 Å². The molecule has 3 aromatic rings. The van der Waals surface area contributed by atoms with Gasteiger partial charge in [0.2, 0.25) is 5.95 Å². The minimum Gasteiger partial charge on any atom is -0.314 e. The molecule has 7 heteroatoms. The number of benzene rings is 2. The highest BCUT2D eigenvalue weighted by molar-refractivity contribution is 7.99. The van der Waals surface area contributed by atoms with Gasteiger partial charge in [0.05, 0.1) is 0 Å². The van der Waals surface area contributed by atoms with Gasteiger partial charge < -0.3 is 4.90 Å². The largest absolute Gasteiger partial charge is 0.420 e. The van der Waals surface area contributed by atoms with E-state index in [1.165, 1.54) is 0 Å². The summed E-state index contributed by atoms with van der Waals surface area (Å²) in [6.07, 6.45) is -2.74. The third-order valence-electron chi connectivity index (χ3n) is 4.25. The molecule has 1 aromatic heterocycles. The Hall–Kier alpha value is -2.54. The third-order valence-corrected chi connectivity index (χ3v) is 5.26. The Labute approximate surface area is 173 Å². The number of halogens is 3. The van der Waals surface area contributed by atoms with Crippen LogP contribution in [0.15, 0.2) is 70.7 Å². The van der Waals surface area contributed by atoms with E-state index in [4.69, 9.17) is 0 Å². The van der Waals surface area contributed by atoms with Gasteiger partial charge in [0, 0.05) is 23.8 Å². The summed E-state index contributed by atoms with van der Waals surface area (Å²) in [5.41, 5.74) is 1.16. The smallest absolute Gasteiger partial charge is 0.314 e. The molecule has 0 saturated carbocycles. The molecule has 0 aliphatic rings. The quantitative estimate of drug-likeness (QED) is 0.422. The minimum absolute atomic E-state index is 0.112. The van der Waals surface area contributed by atoms with Gasteiger partial charge in [0.25, 0.3) is 0 Å². The molecule has 0 N–H and O–H groups in total. The normalized spacial score (nSPS) is 11.7. The second-order valence-electron chi connectivity index (χ2n) is 7.13. The van der Waals surface area contributed by atoms with Gasteiger partial charge in [-0.2, -0.15) is 13.2 Å². The monoisotopic (exact) mass is 417 g/mol. The van der Waals surface area contributed by atoms with Crippen LogP contribution in [0.4, 0.5) is 24.8 Å². The number of rotatable bonds is 6. The molecule has 0 fully saturated rings. The van der Waals surface area contributed by atoms with E-state index in [1.54, 1.807) is 36.2 Å². The summed E-state index contributed by atoms with van der Waals surface area (Å²) in [6.45, 7) is 4.28. The van der Waals surface area contributed by atoms with Crippen LogP contribution >= 0.6 is 11.8 Å². The lowest BCUT2D eigenvalue weighted by molar-refractivity contribution is -0.140. The fourth-order valence-electron chi connectivity index (χ4n) is 2.87. The van der Waals surface area contributed by atoms with Crippen molar-refractivity contribution in [1.82, 2.24) is 9.97 Å². The standard InChI is InChI=1S/C22H22F3N3S/c1-15(2)12-16-8-7-9-17(13-16)28(3)21-26-14-19(22(23,24)25)20(27-21)29-18-10-5-4-6-11-18/h4-11,13-15H,12H2,1-3H3. The summed E-state index contributed by atoms with van der Waals surface area (Å²) in [5.74, 6) is 0.727. The van der Waals surface area contributed by atoms with Crippen molar-refractivity contribution in [3.05, 3.63) is 71.9 Å².